The third kappa shape index (κ3) is 16.3. The monoisotopic (exact) mass is 654 g/mol. The van der Waals surface area contributed by atoms with Crippen LogP contribution in [0.25, 0.3) is 0 Å². The van der Waals surface area contributed by atoms with E-state index in [1.165, 1.54) is 44.9 Å². The first-order valence-corrected chi connectivity index (χ1v) is 16.0. The molecule has 0 amide bonds. The molecule has 0 spiro atoms. The van der Waals surface area contributed by atoms with E-state index in [-0.39, 0.29) is 32.3 Å². The highest BCUT2D eigenvalue weighted by atomic mass is 19.2. The first-order chi connectivity index (χ1) is 21.8. The summed E-state index contributed by atoms with van der Waals surface area (Å²) in [5.74, 6) is -13.6. The number of Topliss-reactive ketones (excluding diaryl/α,β-unsaturated/α-hetero) is 1. The summed E-state index contributed by atoms with van der Waals surface area (Å²) in [6.45, 7) is 2.63. The number of esters is 1. The Hall–Kier alpha value is -2.19. The van der Waals surface area contributed by atoms with Crippen LogP contribution < -0.4 is 4.74 Å². The van der Waals surface area contributed by atoms with Gasteiger partial charge in [0.1, 0.15) is 5.78 Å². The standard InChI is InChI=1S/C32H47F5O8/c33-27-28(34)30(36)32(31(37)29(27)35)45-26(39)13-15-41-17-19-43-21-23-44-22-20-42-18-16-40-14-12-25(38)24-10-8-6-4-2-1-3-5-7-9-11-24/h24H,1-23H2. The second kappa shape index (κ2) is 24.0. The van der Waals surface area contributed by atoms with E-state index in [1.54, 1.807) is 0 Å². The zero-order valence-electron chi connectivity index (χ0n) is 26.0. The van der Waals surface area contributed by atoms with Gasteiger partial charge in [0.25, 0.3) is 0 Å². The summed E-state index contributed by atoms with van der Waals surface area (Å²) >= 11 is 0. The Kier molecular flexibility index (Phi) is 20.8. The van der Waals surface area contributed by atoms with Gasteiger partial charge in [0.2, 0.25) is 34.8 Å². The molecule has 0 saturated heterocycles. The normalized spacial score (nSPS) is 15.4. The van der Waals surface area contributed by atoms with Gasteiger partial charge in [0.05, 0.1) is 72.5 Å². The third-order valence-corrected chi connectivity index (χ3v) is 7.38. The molecular weight excluding hydrogens is 607 g/mol. The molecule has 1 aliphatic carbocycles. The highest BCUT2D eigenvalue weighted by Gasteiger charge is 2.28. The quantitative estimate of drug-likeness (QED) is 0.0386. The predicted octanol–water partition coefficient (Wildman–Crippen LogP) is 6.64. The lowest BCUT2D eigenvalue weighted by Crippen LogP contribution is -2.18. The van der Waals surface area contributed by atoms with Crippen molar-refractivity contribution in [2.45, 2.75) is 83.5 Å². The average molecular weight is 655 g/mol. The fourth-order valence-electron chi connectivity index (χ4n) is 4.84. The molecule has 8 nitrogen and oxygen atoms in total. The fourth-order valence-corrected chi connectivity index (χ4v) is 4.84. The SMILES string of the molecule is O=C(CCOCCOCCOCCOCCOCCC(=O)C1CCCCCCCCCCC1)Oc1c(F)c(F)c(F)c(F)c1F. The van der Waals surface area contributed by atoms with Crippen LogP contribution in [0.15, 0.2) is 0 Å². The Balaban J connectivity index is 1.37. The summed E-state index contributed by atoms with van der Waals surface area (Å²) in [5, 5.41) is 0. The lowest BCUT2D eigenvalue weighted by atomic mass is 9.89. The summed E-state index contributed by atoms with van der Waals surface area (Å²) in [4.78, 5) is 24.3. The fraction of sp³-hybridized carbons (Fsp3) is 0.750. The molecule has 0 atom stereocenters. The van der Waals surface area contributed by atoms with Crippen LogP contribution in [0.4, 0.5) is 22.0 Å². The molecule has 1 saturated carbocycles. The second-order valence-electron chi connectivity index (χ2n) is 10.9. The maximum atomic E-state index is 13.5. The molecule has 0 radical (unpaired) electrons. The van der Waals surface area contributed by atoms with Crippen LogP contribution in [0.1, 0.15) is 83.5 Å². The second-order valence-corrected chi connectivity index (χ2v) is 10.9. The number of ether oxygens (including phenoxy) is 6. The molecule has 0 N–H and O–H groups in total. The molecule has 45 heavy (non-hydrogen) atoms. The van der Waals surface area contributed by atoms with Gasteiger partial charge >= 0.3 is 5.97 Å². The van der Waals surface area contributed by atoms with Gasteiger partial charge in [-0.15, -0.1) is 0 Å². The molecule has 1 aromatic carbocycles. The van der Waals surface area contributed by atoms with E-state index < -0.39 is 47.2 Å². The summed E-state index contributed by atoms with van der Waals surface area (Å²) < 4.78 is 97.6. The average Bonchev–Trinajstić information content (AvgIpc) is 3.02. The van der Waals surface area contributed by atoms with Crippen molar-refractivity contribution in [2.75, 3.05) is 66.1 Å². The maximum Gasteiger partial charge on any atom is 0.313 e. The highest BCUT2D eigenvalue weighted by Crippen LogP contribution is 2.29. The van der Waals surface area contributed by atoms with E-state index in [2.05, 4.69) is 4.74 Å². The number of ketones is 1. The molecule has 0 aliphatic heterocycles. The summed E-state index contributed by atoms with van der Waals surface area (Å²) in [7, 11) is 0. The van der Waals surface area contributed by atoms with Crippen LogP contribution in [0.3, 0.4) is 0 Å². The molecule has 0 aromatic heterocycles. The molecule has 258 valence electrons. The first-order valence-electron chi connectivity index (χ1n) is 16.0. The van der Waals surface area contributed by atoms with E-state index >= 15 is 0 Å². The predicted molar refractivity (Wildman–Crippen MR) is 154 cm³/mol. The van der Waals surface area contributed by atoms with E-state index in [4.69, 9.17) is 23.7 Å². The van der Waals surface area contributed by atoms with Gasteiger partial charge in [-0.3, -0.25) is 9.59 Å². The van der Waals surface area contributed by atoms with Gasteiger partial charge in [-0.1, -0.05) is 57.8 Å². The summed E-state index contributed by atoms with van der Waals surface area (Å²) in [5.41, 5.74) is 0. The minimum absolute atomic E-state index is 0.0885. The number of hydrogen-bond acceptors (Lipinski definition) is 8. The topological polar surface area (TPSA) is 89.5 Å². The van der Waals surface area contributed by atoms with Crippen molar-refractivity contribution in [3.05, 3.63) is 29.1 Å². The number of carbonyl (C=O) groups excluding carboxylic acids is 2. The van der Waals surface area contributed by atoms with Crippen molar-refractivity contribution in [3.8, 4) is 5.75 Å². The number of benzene rings is 1. The number of rotatable bonds is 20. The van der Waals surface area contributed by atoms with Crippen LogP contribution in [0.5, 0.6) is 5.75 Å². The summed E-state index contributed by atoms with van der Waals surface area (Å²) in [6, 6.07) is 0. The lowest BCUT2D eigenvalue weighted by molar-refractivity contribution is -0.136. The first kappa shape index (κ1) is 39.0. The maximum absolute atomic E-state index is 13.5. The van der Waals surface area contributed by atoms with Crippen molar-refractivity contribution >= 4 is 11.8 Å². The zero-order chi connectivity index (χ0) is 32.7. The van der Waals surface area contributed by atoms with Crippen molar-refractivity contribution < 1.29 is 60.0 Å². The van der Waals surface area contributed by atoms with Crippen LogP contribution in [0.2, 0.25) is 0 Å². The van der Waals surface area contributed by atoms with E-state index in [0.29, 0.717) is 51.8 Å². The van der Waals surface area contributed by atoms with Crippen LogP contribution in [-0.4, -0.2) is 77.8 Å². The Morgan fingerprint density at radius 2 is 0.800 bits per heavy atom. The van der Waals surface area contributed by atoms with Crippen LogP contribution in [0, 0.1) is 35.0 Å². The Labute approximate surface area is 262 Å². The molecule has 0 unspecified atom stereocenters. The van der Waals surface area contributed by atoms with Gasteiger partial charge in [-0.25, -0.2) is 13.2 Å². The Morgan fingerprint density at radius 1 is 0.467 bits per heavy atom. The molecule has 13 heteroatoms. The van der Waals surface area contributed by atoms with Crippen molar-refractivity contribution in [1.29, 1.82) is 0 Å². The third-order valence-electron chi connectivity index (χ3n) is 7.38. The van der Waals surface area contributed by atoms with E-state index in [9.17, 15) is 31.5 Å². The van der Waals surface area contributed by atoms with Crippen molar-refractivity contribution in [1.82, 2.24) is 0 Å². The lowest BCUT2D eigenvalue weighted by Gasteiger charge is -2.17. The Morgan fingerprint density at radius 3 is 1.22 bits per heavy atom. The molecule has 0 bridgehead atoms. The molecule has 1 aliphatic rings. The van der Waals surface area contributed by atoms with Crippen molar-refractivity contribution in [2.24, 2.45) is 5.92 Å². The number of halogens is 5. The van der Waals surface area contributed by atoms with Gasteiger partial charge in [-0.2, -0.15) is 8.78 Å². The smallest absolute Gasteiger partial charge is 0.313 e. The largest absolute Gasteiger partial charge is 0.420 e. The molecule has 2 rings (SSSR count). The molecule has 1 fully saturated rings. The van der Waals surface area contributed by atoms with Gasteiger partial charge in [0, 0.05) is 12.3 Å². The minimum Gasteiger partial charge on any atom is -0.420 e. The number of carbonyl (C=O) groups is 2. The van der Waals surface area contributed by atoms with E-state index in [1.807, 2.05) is 0 Å². The summed E-state index contributed by atoms with van der Waals surface area (Å²) in [6.07, 6.45) is 13.2. The zero-order valence-corrected chi connectivity index (χ0v) is 26.0. The highest BCUT2D eigenvalue weighted by molar-refractivity contribution is 5.81. The van der Waals surface area contributed by atoms with Gasteiger partial charge in [0.15, 0.2) is 0 Å². The van der Waals surface area contributed by atoms with Crippen molar-refractivity contribution in [3.63, 3.8) is 0 Å². The molecule has 0 heterocycles. The minimum atomic E-state index is -2.34. The Bertz CT molecular complexity index is 956. The van der Waals surface area contributed by atoms with Gasteiger partial charge < -0.3 is 28.4 Å². The molecular formula is C32H47F5O8. The molecule has 1 aromatic rings. The van der Waals surface area contributed by atoms with E-state index in [0.717, 1.165) is 25.7 Å². The van der Waals surface area contributed by atoms with Gasteiger partial charge in [-0.05, 0) is 12.8 Å². The van der Waals surface area contributed by atoms with Crippen LogP contribution in [-0.2, 0) is 33.3 Å². The van der Waals surface area contributed by atoms with Crippen LogP contribution >= 0.6 is 0 Å². The number of hydrogen-bond donors (Lipinski definition) is 0.